The normalized spacial score (nSPS) is 29.1. The van der Waals surface area contributed by atoms with Gasteiger partial charge in [-0.15, -0.1) is 0 Å². The fourth-order valence-corrected chi connectivity index (χ4v) is 4.97. The Hall–Kier alpha value is -1.68. The van der Waals surface area contributed by atoms with Crippen molar-refractivity contribution in [1.29, 1.82) is 0 Å². The van der Waals surface area contributed by atoms with Crippen molar-refractivity contribution in [1.82, 2.24) is 25.1 Å². The van der Waals surface area contributed by atoms with Crippen LogP contribution in [0.2, 0.25) is 0 Å². The molecule has 26 heavy (non-hydrogen) atoms. The van der Waals surface area contributed by atoms with E-state index in [-0.39, 0.29) is 18.0 Å². The lowest BCUT2D eigenvalue weighted by Crippen LogP contribution is -2.44. The number of hydrogen-bond donors (Lipinski definition) is 2. The third-order valence-electron chi connectivity index (χ3n) is 5.27. The van der Waals surface area contributed by atoms with Crippen molar-refractivity contribution in [2.24, 2.45) is 11.8 Å². The lowest BCUT2D eigenvalue weighted by molar-refractivity contribution is 0.232. The molecular formula is C16H27N5O4S. The first-order valence-electron chi connectivity index (χ1n) is 8.90. The van der Waals surface area contributed by atoms with Gasteiger partial charge in [0, 0.05) is 25.7 Å². The van der Waals surface area contributed by atoms with E-state index in [0.29, 0.717) is 50.1 Å². The number of carbonyl (C=O) groups is 1. The van der Waals surface area contributed by atoms with Gasteiger partial charge in [-0.3, -0.25) is 0 Å². The Balaban J connectivity index is 1.77. The summed E-state index contributed by atoms with van der Waals surface area (Å²) in [5.74, 6) is 1.40. The number of hydrogen-bond acceptors (Lipinski definition) is 6. The van der Waals surface area contributed by atoms with E-state index >= 15 is 0 Å². The van der Waals surface area contributed by atoms with Crippen LogP contribution in [-0.4, -0.2) is 60.8 Å². The Kier molecular flexibility index (Phi) is 5.00. The molecule has 1 aromatic rings. The molecule has 1 saturated heterocycles. The molecule has 1 aliphatic heterocycles. The van der Waals surface area contributed by atoms with E-state index in [9.17, 15) is 13.2 Å². The molecule has 0 aromatic carbocycles. The molecule has 1 aromatic heterocycles. The highest BCUT2D eigenvalue weighted by atomic mass is 32.2. The molecule has 2 amide bonds. The van der Waals surface area contributed by atoms with E-state index in [2.05, 4.69) is 20.8 Å². The molecule has 0 unspecified atom stereocenters. The van der Waals surface area contributed by atoms with Crippen molar-refractivity contribution in [3.05, 3.63) is 11.7 Å². The molecule has 1 saturated carbocycles. The number of nitrogens with one attached hydrogen (secondary N) is 2. The highest BCUT2D eigenvalue weighted by Gasteiger charge is 2.58. The molecule has 2 fully saturated rings. The monoisotopic (exact) mass is 385 g/mol. The van der Waals surface area contributed by atoms with Gasteiger partial charge in [-0.25, -0.2) is 17.5 Å². The summed E-state index contributed by atoms with van der Waals surface area (Å²) in [6.45, 7) is 7.14. The fourth-order valence-electron chi connectivity index (χ4n) is 4.05. The number of urea groups is 1. The first kappa shape index (κ1) is 19.1. The lowest BCUT2D eigenvalue weighted by Gasteiger charge is -2.25. The second-order valence-electron chi connectivity index (χ2n) is 7.94. The molecule has 0 bridgehead atoms. The van der Waals surface area contributed by atoms with Crippen LogP contribution >= 0.6 is 0 Å². The Morgan fingerprint density at radius 2 is 2.19 bits per heavy atom. The molecule has 9 nitrogen and oxygen atoms in total. The molecule has 2 N–H and O–H groups in total. The zero-order chi connectivity index (χ0) is 19.1. The Morgan fingerprint density at radius 1 is 1.46 bits per heavy atom. The Labute approximate surface area is 153 Å². The third-order valence-corrected chi connectivity index (χ3v) is 6.49. The molecule has 0 radical (unpaired) electrons. The lowest BCUT2D eigenvalue weighted by atomic mass is 9.80. The number of aromatic nitrogens is 2. The number of fused-ring (bicyclic) bond motifs is 1. The van der Waals surface area contributed by atoms with E-state index in [1.54, 1.807) is 6.92 Å². The summed E-state index contributed by atoms with van der Waals surface area (Å²) in [4.78, 5) is 16.5. The van der Waals surface area contributed by atoms with Crippen LogP contribution < -0.4 is 10.6 Å². The fraction of sp³-hybridized carbons (Fsp3) is 0.812. The molecule has 1 aliphatic carbocycles. The number of carbonyl (C=O) groups excluding carboxylic acids is 1. The van der Waals surface area contributed by atoms with Crippen LogP contribution in [0, 0.1) is 18.8 Å². The van der Waals surface area contributed by atoms with E-state index in [0.717, 1.165) is 0 Å². The summed E-state index contributed by atoms with van der Waals surface area (Å²) < 4.78 is 31.0. The van der Waals surface area contributed by atoms with Crippen molar-refractivity contribution in [3.8, 4) is 0 Å². The van der Waals surface area contributed by atoms with Gasteiger partial charge in [-0.1, -0.05) is 19.0 Å². The van der Waals surface area contributed by atoms with Gasteiger partial charge >= 0.3 is 6.03 Å². The molecule has 0 spiro atoms. The molecule has 3 atom stereocenters. The number of sulfonamides is 1. The standard InChI is InChI=1S/C16H27N5O4S/c1-10(2)7-17-15(22)19-13-5-12-8-21(26(4,23)24)9-16(12,6-13)14-18-11(3)20-25-14/h10,12-13H,5-9H2,1-4H3,(H2,17,19,22)/t12-,13+,16-/m0/s1. The Bertz CT molecular complexity index is 777. The summed E-state index contributed by atoms with van der Waals surface area (Å²) in [5.41, 5.74) is -0.541. The van der Waals surface area contributed by atoms with Crippen LogP contribution in [0.1, 0.15) is 38.4 Å². The average Bonchev–Trinajstić information content (AvgIpc) is 3.16. The van der Waals surface area contributed by atoms with Crippen molar-refractivity contribution < 1.29 is 17.7 Å². The highest BCUT2D eigenvalue weighted by Crippen LogP contribution is 2.50. The van der Waals surface area contributed by atoms with E-state index in [1.807, 2.05) is 13.8 Å². The largest absolute Gasteiger partial charge is 0.339 e. The minimum atomic E-state index is -3.30. The van der Waals surface area contributed by atoms with Crippen molar-refractivity contribution in [3.63, 3.8) is 0 Å². The highest BCUT2D eigenvalue weighted by molar-refractivity contribution is 7.88. The molecule has 146 valence electrons. The molecule has 10 heteroatoms. The van der Waals surface area contributed by atoms with Gasteiger partial charge in [0.25, 0.3) is 0 Å². The second kappa shape index (κ2) is 6.80. The molecule has 3 rings (SSSR count). The minimum Gasteiger partial charge on any atom is -0.339 e. The predicted molar refractivity (Wildman–Crippen MR) is 95.0 cm³/mol. The smallest absolute Gasteiger partial charge is 0.315 e. The van der Waals surface area contributed by atoms with Crippen LogP contribution in [0.5, 0.6) is 0 Å². The Morgan fingerprint density at radius 3 is 2.77 bits per heavy atom. The van der Waals surface area contributed by atoms with Gasteiger partial charge in [-0.2, -0.15) is 4.98 Å². The summed E-state index contributed by atoms with van der Waals surface area (Å²) in [7, 11) is -3.30. The molecule has 2 heterocycles. The van der Waals surface area contributed by atoms with Gasteiger partial charge in [0.1, 0.15) is 0 Å². The molecule has 2 aliphatic rings. The SMILES string of the molecule is Cc1noc([C@]23C[C@H](NC(=O)NCC(C)C)C[C@H]2CN(S(C)(=O)=O)C3)n1. The van der Waals surface area contributed by atoms with Gasteiger partial charge < -0.3 is 15.2 Å². The van der Waals surface area contributed by atoms with Gasteiger partial charge in [0.15, 0.2) is 5.82 Å². The first-order chi connectivity index (χ1) is 12.1. The third kappa shape index (κ3) is 3.71. The van der Waals surface area contributed by atoms with Crippen molar-refractivity contribution in [2.45, 2.75) is 45.1 Å². The topological polar surface area (TPSA) is 117 Å². The van der Waals surface area contributed by atoms with E-state index in [1.165, 1.54) is 10.6 Å². The van der Waals surface area contributed by atoms with Crippen LogP contribution in [0.15, 0.2) is 4.52 Å². The number of rotatable bonds is 5. The molecular weight excluding hydrogens is 358 g/mol. The summed E-state index contributed by atoms with van der Waals surface area (Å²) in [6.07, 6.45) is 2.48. The maximum Gasteiger partial charge on any atom is 0.315 e. The summed E-state index contributed by atoms with van der Waals surface area (Å²) >= 11 is 0. The zero-order valence-corrected chi connectivity index (χ0v) is 16.5. The number of nitrogens with zero attached hydrogens (tertiary/aromatic N) is 3. The number of aryl methyl sites for hydroxylation is 1. The van der Waals surface area contributed by atoms with Crippen molar-refractivity contribution >= 4 is 16.1 Å². The van der Waals surface area contributed by atoms with Crippen LogP contribution in [0.25, 0.3) is 0 Å². The second-order valence-corrected chi connectivity index (χ2v) is 9.92. The zero-order valence-electron chi connectivity index (χ0n) is 15.7. The summed E-state index contributed by atoms with van der Waals surface area (Å²) in [5, 5.41) is 9.75. The van der Waals surface area contributed by atoms with Crippen LogP contribution in [0.3, 0.4) is 0 Å². The van der Waals surface area contributed by atoms with E-state index < -0.39 is 15.4 Å². The van der Waals surface area contributed by atoms with Gasteiger partial charge in [0.05, 0.1) is 11.7 Å². The van der Waals surface area contributed by atoms with E-state index in [4.69, 9.17) is 4.52 Å². The van der Waals surface area contributed by atoms with Gasteiger partial charge in [-0.05, 0) is 31.6 Å². The maximum atomic E-state index is 12.1. The van der Waals surface area contributed by atoms with Crippen LogP contribution in [0.4, 0.5) is 4.79 Å². The first-order valence-corrected chi connectivity index (χ1v) is 10.8. The minimum absolute atomic E-state index is 0.0347. The predicted octanol–water partition coefficient (Wildman–Crippen LogP) is 0.625. The summed E-state index contributed by atoms with van der Waals surface area (Å²) in [6, 6.07) is -0.249. The van der Waals surface area contributed by atoms with Gasteiger partial charge in [0.2, 0.25) is 15.9 Å². The quantitative estimate of drug-likeness (QED) is 0.767. The number of amides is 2. The average molecular weight is 385 g/mol. The van der Waals surface area contributed by atoms with Crippen molar-refractivity contribution in [2.75, 3.05) is 25.9 Å². The maximum absolute atomic E-state index is 12.1. The van der Waals surface area contributed by atoms with Crippen LogP contribution in [-0.2, 0) is 15.4 Å².